The molecule has 0 atom stereocenters. The molecule has 1 aromatic heterocycles. The summed E-state index contributed by atoms with van der Waals surface area (Å²) in [5.41, 5.74) is 1.90. The Balaban J connectivity index is 2.43. The highest BCUT2D eigenvalue weighted by Crippen LogP contribution is 2.25. The van der Waals surface area contributed by atoms with E-state index in [-0.39, 0.29) is 5.41 Å². The quantitative estimate of drug-likeness (QED) is 0.608. The minimum absolute atomic E-state index is 0.123. The second-order valence-corrected chi connectivity index (χ2v) is 3.98. The van der Waals surface area contributed by atoms with Gasteiger partial charge in [0.05, 0.1) is 0 Å². The largest absolute Gasteiger partial charge is 0.244 e. The van der Waals surface area contributed by atoms with Crippen LogP contribution < -0.4 is 0 Å². The molecule has 0 saturated carbocycles. The number of hydrogen-bond donors (Lipinski definition) is 0. The molecule has 1 aliphatic rings. The van der Waals surface area contributed by atoms with Crippen LogP contribution in [0.1, 0.15) is 25.2 Å². The van der Waals surface area contributed by atoms with Crippen molar-refractivity contribution in [3.8, 4) is 0 Å². The van der Waals surface area contributed by atoms with E-state index in [4.69, 9.17) is 4.63 Å². The Labute approximate surface area is 77.1 Å². The summed E-state index contributed by atoms with van der Waals surface area (Å²) in [6, 6.07) is 0. The minimum Gasteiger partial charge on any atom is -0.244 e. The minimum atomic E-state index is 0.123. The molecule has 3 nitrogen and oxygen atoms in total. The van der Waals surface area contributed by atoms with Crippen molar-refractivity contribution in [3.63, 3.8) is 0 Å². The molecule has 0 radical (unpaired) electrons. The number of rotatable bonds is 0. The summed E-state index contributed by atoms with van der Waals surface area (Å²) in [5, 5.41) is 7.70. The van der Waals surface area contributed by atoms with Crippen molar-refractivity contribution >= 4 is 6.08 Å². The van der Waals surface area contributed by atoms with Crippen LogP contribution in [0.15, 0.2) is 22.9 Å². The standard InChI is InChI=1S/C10H12N2O/c1-10(2)6-4-3-5-8-9(7-10)12-13-11-8/h3-6H,7H2,1-2H3. The summed E-state index contributed by atoms with van der Waals surface area (Å²) in [6.45, 7) is 4.34. The Kier molecular flexibility index (Phi) is 1.79. The second-order valence-electron chi connectivity index (χ2n) is 3.98. The summed E-state index contributed by atoms with van der Waals surface area (Å²) in [5.74, 6) is 0. The van der Waals surface area contributed by atoms with Gasteiger partial charge < -0.3 is 0 Å². The number of fused-ring (bicyclic) bond motifs is 1. The molecule has 0 N–H and O–H groups in total. The Morgan fingerprint density at radius 3 is 3.00 bits per heavy atom. The number of allylic oxidation sites excluding steroid dienone is 3. The summed E-state index contributed by atoms with van der Waals surface area (Å²) in [4.78, 5) is 0. The molecule has 0 amide bonds. The third-order valence-corrected chi connectivity index (χ3v) is 2.12. The zero-order valence-electron chi connectivity index (χ0n) is 7.82. The van der Waals surface area contributed by atoms with E-state index in [0.29, 0.717) is 0 Å². The van der Waals surface area contributed by atoms with Crippen molar-refractivity contribution < 1.29 is 4.63 Å². The molecule has 1 aromatic rings. The molecule has 0 unspecified atom stereocenters. The van der Waals surface area contributed by atoms with Gasteiger partial charge in [-0.15, -0.1) is 0 Å². The molecule has 1 aliphatic carbocycles. The molecule has 0 fully saturated rings. The fourth-order valence-corrected chi connectivity index (χ4v) is 1.42. The maximum absolute atomic E-state index is 4.69. The molecular formula is C10H12N2O. The normalized spacial score (nSPS) is 19.2. The molecule has 3 heteroatoms. The molecule has 2 rings (SSSR count). The van der Waals surface area contributed by atoms with Gasteiger partial charge >= 0.3 is 0 Å². The Morgan fingerprint density at radius 1 is 1.31 bits per heavy atom. The van der Waals surface area contributed by atoms with E-state index in [9.17, 15) is 0 Å². The Morgan fingerprint density at radius 2 is 2.15 bits per heavy atom. The van der Waals surface area contributed by atoms with E-state index < -0.39 is 0 Å². The third-order valence-electron chi connectivity index (χ3n) is 2.12. The van der Waals surface area contributed by atoms with Crippen LogP contribution >= 0.6 is 0 Å². The lowest BCUT2D eigenvalue weighted by molar-refractivity contribution is 0.299. The van der Waals surface area contributed by atoms with Gasteiger partial charge in [0.25, 0.3) is 0 Å². The first-order chi connectivity index (χ1) is 6.17. The zero-order chi connectivity index (χ0) is 9.31. The van der Waals surface area contributed by atoms with Crippen LogP contribution in [0.25, 0.3) is 6.08 Å². The first-order valence-corrected chi connectivity index (χ1v) is 4.35. The Hall–Kier alpha value is -1.38. The number of hydrogen-bond acceptors (Lipinski definition) is 3. The predicted molar refractivity (Wildman–Crippen MR) is 50.0 cm³/mol. The highest BCUT2D eigenvalue weighted by Gasteiger charge is 2.20. The predicted octanol–water partition coefficient (Wildman–Crippen LogP) is 2.22. The second kappa shape index (κ2) is 2.83. The number of nitrogens with zero attached hydrogens (tertiary/aromatic N) is 2. The van der Waals surface area contributed by atoms with Gasteiger partial charge in [-0.3, -0.25) is 0 Å². The molecule has 0 aromatic carbocycles. The SMILES string of the molecule is CC1(C)C=CC=Cc2nonc2C1. The van der Waals surface area contributed by atoms with Crippen LogP contribution in [0.4, 0.5) is 0 Å². The molecule has 0 aliphatic heterocycles. The van der Waals surface area contributed by atoms with Crippen LogP contribution in [0.3, 0.4) is 0 Å². The molecule has 0 saturated heterocycles. The van der Waals surface area contributed by atoms with Gasteiger partial charge in [-0.1, -0.05) is 42.4 Å². The van der Waals surface area contributed by atoms with Gasteiger partial charge in [-0.2, -0.15) is 0 Å². The molecule has 68 valence electrons. The highest BCUT2D eigenvalue weighted by atomic mass is 16.6. The molecular weight excluding hydrogens is 164 g/mol. The topological polar surface area (TPSA) is 38.9 Å². The van der Waals surface area contributed by atoms with Gasteiger partial charge in [-0.05, 0) is 11.5 Å². The van der Waals surface area contributed by atoms with Crippen molar-refractivity contribution in [3.05, 3.63) is 29.6 Å². The Bertz CT molecular complexity index is 361. The van der Waals surface area contributed by atoms with Crippen molar-refractivity contribution in [2.75, 3.05) is 0 Å². The van der Waals surface area contributed by atoms with Gasteiger partial charge in [0.15, 0.2) is 0 Å². The van der Waals surface area contributed by atoms with Crippen LogP contribution in [0, 0.1) is 5.41 Å². The fourth-order valence-electron chi connectivity index (χ4n) is 1.42. The summed E-state index contributed by atoms with van der Waals surface area (Å²) >= 11 is 0. The lowest BCUT2D eigenvalue weighted by Crippen LogP contribution is -2.13. The summed E-state index contributed by atoms with van der Waals surface area (Å²) in [6.07, 6.45) is 8.95. The van der Waals surface area contributed by atoms with Crippen molar-refractivity contribution in [1.29, 1.82) is 0 Å². The van der Waals surface area contributed by atoms with E-state index in [1.54, 1.807) is 0 Å². The fraction of sp³-hybridized carbons (Fsp3) is 0.400. The van der Waals surface area contributed by atoms with Crippen LogP contribution in [-0.2, 0) is 6.42 Å². The van der Waals surface area contributed by atoms with Crippen molar-refractivity contribution in [2.45, 2.75) is 20.3 Å². The van der Waals surface area contributed by atoms with Crippen LogP contribution in [0.2, 0.25) is 0 Å². The maximum atomic E-state index is 4.69. The lowest BCUT2D eigenvalue weighted by atomic mass is 9.86. The van der Waals surface area contributed by atoms with E-state index in [1.165, 1.54) is 0 Å². The zero-order valence-corrected chi connectivity index (χ0v) is 7.82. The first-order valence-electron chi connectivity index (χ1n) is 4.35. The molecule has 0 bridgehead atoms. The smallest absolute Gasteiger partial charge is 0.131 e. The average Bonchev–Trinajstić information content (AvgIpc) is 2.42. The molecule has 1 heterocycles. The van der Waals surface area contributed by atoms with Gasteiger partial charge in [0.1, 0.15) is 11.4 Å². The van der Waals surface area contributed by atoms with E-state index in [1.807, 2.05) is 18.2 Å². The maximum Gasteiger partial charge on any atom is 0.131 e. The van der Waals surface area contributed by atoms with Crippen LogP contribution in [0.5, 0.6) is 0 Å². The molecule has 13 heavy (non-hydrogen) atoms. The van der Waals surface area contributed by atoms with Gasteiger partial charge in [0, 0.05) is 6.42 Å². The highest BCUT2D eigenvalue weighted by molar-refractivity contribution is 5.49. The monoisotopic (exact) mass is 176 g/mol. The van der Waals surface area contributed by atoms with Gasteiger partial charge in [-0.25, -0.2) is 4.63 Å². The van der Waals surface area contributed by atoms with E-state index in [0.717, 1.165) is 17.8 Å². The first kappa shape index (κ1) is 8.23. The average molecular weight is 176 g/mol. The van der Waals surface area contributed by atoms with Gasteiger partial charge in [0.2, 0.25) is 0 Å². The van der Waals surface area contributed by atoms with Crippen molar-refractivity contribution in [2.24, 2.45) is 5.41 Å². The third kappa shape index (κ3) is 1.69. The summed E-state index contributed by atoms with van der Waals surface area (Å²) in [7, 11) is 0. The van der Waals surface area contributed by atoms with E-state index >= 15 is 0 Å². The van der Waals surface area contributed by atoms with Crippen molar-refractivity contribution in [1.82, 2.24) is 10.3 Å². The summed E-state index contributed by atoms with van der Waals surface area (Å²) < 4.78 is 4.69. The lowest BCUT2D eigenvalue weighted by Gasteiger charge is -2.18. The molecule has 0 spiro atoms. The van der Waals surface area contributed by atoms with E-state index in [2.05, 4.69) is 30.2 Å². The van der Waals surface area contributed by atoms with Crippen LogP contribution in [-0.4, -0.2) is 10.3 Å². The number of aromatic nitrogens is 2.